The Kier molecular flexibility index (Phi) is 4.17. The Morgan fingerprint density at radius 1 is 1.21 bits per heavy atom. The van der Waals surface area contributed by atoms with Crippen LogP contribution < -0.4 is 10.5 Å². The fourth-order valence-corrected chi connectivity index (χ4v) is 1.89. The number of rotatable bonds is 4. The van der Waals surface area contributed by atoms with Gasteiger partial charge in [-0.25, -0.2) is 4.39 Å². The van der Waals surface area contributed by atoms with Crippen LogP contribution in [0.3, 0.4) is 0 Å². The van der Waals surface area contributed by atoms with Gasteiger partial charge >= 0.3 is 0 Å². The van der Waals surface area contributed by atoms with Crippen LogP contribution in [0.1, 0.15) is 29.7 Å². The maximum absolute atomic E-state index is 13.6. The molecule has 0 spiro atoms. The van der Waals surface area contributed by atoms with E-state index >= 15 is 0 Å². The molecule has 0 amide bonds. The number of aryl methyl sites for hydroxylation is 1. The van der Waals surface area contributed by atoms with Gasteiger partial charge in [0, 0.05) is 11.6 Å². The van der Waals surface area contributed by atoms with Crippen molar-refractivity contribution < 1.29 is 9.13 Å². The monoisotopic (exact) mass is 259 g/mol. The Labute approximate surface area is 113 Å². The summed E-state index contributed by atoms with van der Waals surface area (Å²) in [6.07, 6.45) is 0. The van der Waals surface area contributed by atoms with Gasteiger partial charge in [-0.2, -0.15) is 0 Å². The number of hydrogen-bond acceptors (Lipinski definition) is 2. The molecule has 2 aromatic rings. The van der Waals surface area contributed by atoms with E-state index in [4.69, 9.17) is 10.5 Å². The number of halogens is 1. The maximum atomic E-state index is 13.6. The highest BCUT2D eigenvalue weighted by atomic mass is 19.1. The first-order valence-electron chi connectivity index (χ1n) is 6.30. The number of nitrogens with two attached hydrogens (primary N) is 1. The smallest absolute Gasteiger partial charge is 0.126 e. The molecular formula is C16H18FNO. The summed E-state index contributed by atoms with van der Waals surface area (Å²) >= 11 is 0. The first-order chi connectivity index (χ1) is 9.08. The molecule has 3 heteroatoms. The largest absolute Gasteiger partial charge is 0.489 e. The highest BCUT2D eigenvalue weighted by molar-refractivity contribution is 5.40. The van der Waals surface area contributed by atoms with Gasteiger partial charge in [0.2, 0.25) is 0 Å². The molecule has 0 unspecified atom stereocenters. The Morgan fingerprint density at radius 2 is 1.89 bits per heavy atom. The molecule has 1 atom stereocenters. The minimum absolute atomic E-state index is 0.251. The topological polar surface area (TPSA) is 35.2 Å². The molecule has 2 nitrogen and oxygen atoms in total. The van der Waals surface area contributed by atoms with Gasteiger partial charge in [-0.3, -0.25) is 0 Å². The van der Waals surface area contributed by atoms with E-state index < -0.39 is 0 Å². The lowest BCUT2D eigenvalue weighted by Crippen LogP contribution is -2.09. The van der Waals surface area contributed by atoms with Crippen LogP contribution in [0.2, 0.25) is 0 Å². The van der Waals surface area contributed by atoms with E-state index in [2.05, 4.69) is 0 Å². The molecule has 0 saturated carbocycles. The maximum Gasteiger partial charge on any atom is 0.126 e. The van der Waals surface area contributed by atoms with Crippen molar-refractivity contribution in [2.24, 2.45) is 5.73 Å². The average Bonchev–Trinajstić information content (AvgIpc) is 2.40. The van der Waals surface area contributed by atoms with Gasteiger partial charge in [0.05, 0.1) is 0 Å². The third-order valence-corrected chi connectivity index (χ3v) is 3.02. The molecule has 0 aliphatic rings. The van der Waals surface area contributed by atoms with Gasteiger partial charge in [0.25, 0.3) is 0 Å². The number of benzene rings is 2. The van der Waals surface area contributed by atoms with Crippen molar-refractivity contribution in [1.29, 1.82) is 0 Å². The van der Waals surface area contributed by atoms with E-state index in [1.165, 1.54) is 6.07 Å². The second kappa shape index (κ2) is 5.85. The molecule has 0 radical (unpaired) electrons. The molecule has 0 saturated heterocycles. The molecule has 0 fully saturated rings. The quantitative estimate of drug-likeness (QED) is 0.908. The normalized spacial score (nSPS) is 12.2. The fourth-order valence-electron chi connectivity index (χ4n) is 1.89. The Balaban J connectivity index is 2.22. The van der Waals surface area contributed by atoms with Gasteiger partial charge < -0.3 is 10.5 Å². The average molecular weight is 259 g/mol. The lowest BCUT2D eigenvalue weighted by molar-refractivity contribution is 0.300. The Bertz CT molecular complexity index is 552. The van der Waals surface area contributed by atoms with Gasteiger partial charge in [-0.15, -0.1) is 0 Å². The predicted octanol–water partition coefficient (Wildman–Crippen LogP) is 3.73. The van der Waals surface area contributed by atoms with Gasteiger partial charge in [0.1, 0.15) is 18.2 Å². The molecule has 2 N–H and O–H groups in total. The summed E-state index contributed by atoms with van der Waals surface area (Å²) in [7, 11) is 0. The van der Waals surface area contributed by atoms with Gasteiger partial charge in [-0.1, -0.05) is 30.3 Å². The van der Waals surface area contributed by atoms with Crippen LogP contribution in [0.15, 0.2) is 42.5 Å². The zero-order valence-corrected chi connectivity index (χ0v) is 11.2. The van der Waals surface area contributed by atoms with E-state index in [-0.39, 0.29) is 11.9 Å². The first-order valence-corrected chi connectivity index (χ1v) is 6.30. The van der Waals surface area contributed by atoms with E-state index in [9.17, 15) is 4.39 Å². The second-order valence-electron chi connectivity index (χ2n) is 4.70. The molecule has 0 aliphatic carbocycles. The summed E-state index contributed by atoms with van der Waals surface area (Å²) in [6.45, 7) is 3.99. The number of ether oxygens (including phenoxy) is 1. The Hall–Kier alpha value is -1.87. The fraction of sp³-hybridized carbons (Fsp3) is 0.250. The van der Waals surface area contributed by atoms with Crippen LogP contribution in [-0.4, -0.2) is 0 Å². The highest BCUT2D eigenvalue weighted by Gasteiger charge is 2.12. The number of hydrogen-bond donors (Lipinski definition) is 1. The molecule has 19 heavy (non-hydrogen) atoms. The van der Waals surface area contributed by atoms with Gasteiger partial charge in [-0.05, 0) is 37.1 Å². The third-order valence-electron chi connectivity index (χ3n) is 3.02. The lowest BCUT2D eigenvalue weighted by Gasteiger charge is -2.15. The molecule has 100 valence electrons. The first kappa shape index (κ1) is 13.6. The van der Waals surface area contributed by atoms with Crippen molar-refractivity contribution in [1.82, 2.24) is 0 Å². The summed E-state index contributed by atoms with van der Waals surface area (Å²) in [4.78, 5) is 0. The summed E-state index contributed by atoms with van der Waals surface area (Å²) in [5.74, 6) is 0.400. The lowest BCUT2D eigenvalue weighted by atomic mass is 10.1. The van der Waals surface area contributed by atoms with Crippen molar-refractivity contribution >= 4 is 0 Å². The second-order valence-corrected chi connectivity index (χ2v) is 4.70. The van der Waals surface area contributed by atoms with Crippen LogP contribution in [0.5, 0.6) is 5.75 Å². The van der Waals surface area contributed by atoms with Crippen molar-refractivity contribution in [2.45, 2.75) is 26.5 Å². The van der Waals surface area contributed by atoms with Crippen molar-refractivity contribution in [3.63, 3.8) is 0 Å². The van der Waals surface area contributed by atoms with E-state index in [0.29, 0.717) is 23.5 Å². The van der Waals surface area contributed by atoms with E-state index in [1.807, 2.05) is 37.3 Å². The molecule has 0 heterocycles. The van der Waals surface area contributed by atoms with Crippen LogP contribution in [0.25, 0.3) is 0 Å². The highest BCUT2D eigenvalue weighted by Crippen LogP contribution is 2.27. The summed E-state index contributed by atoms with van der Waals surface area (Å²) in [6, 6.07) is 12.8. The van der Waals surface area contributed by atoms with Crippen LogP contribution in [0, 0.1) is 12.7 Å². The summed E-state index contributed by atoms with van der Waals surface area (Å²) in [5, 5.41) is 0. The SMILES string of the molecule is Cc1cc(OCc2ccccc2)c([C@H](C)N)cc1F. The van der Waals surface area contributed by atoms with Crippen LogP contribution in [0.4, 0.5) is 4.39 Å². The van der Waals surface area contributed by atoms with Crippen molar-refractivity contribution in [3.8, 4) is 5.75 Å². The predicted molar refractivity (Wildman–Crippen MR) is 74.5 cm³/mol. The minimum Gasteiger partial charge on any atom is -0.489 e. The molecule has 0 bridgehead atoms. The third kappa shape index (κ3) is 3.32. The van der Waals surface area contributed by atoms with Crippen LogP contribution in [-0.2, 0) is 6.61 Å². The molecule has 2 aromatic carbocycles. The van der Waals surface area contributed by atoms with Crippen LogP contribution >= 0.6 is 0 Å². The summed E-state index contributed by atoms with van der Waals surface area (Å²) < 4.78 is 19.3. The van der Waals surface area contributed by atoms with E-state index in [0.717, 1.165) is 5.56 Å². The summed E-state index contributed by atoms with van der Waals surface area (Å²) in [5.41, 5.74) is 8.18. The standard InChI is InChI=1S/C16H18FNO/c1-11-8-16(14(12(2)18)9-15(11)17)19-10-13-6-4-3-5-7-13/h3-9,12H,10,18H2,1-2H3/t12-/m0/s1. The molecular weight excluding hydrogens is 241 g/mol. The van der Waals surface area contributed by atoms with E-state index in [1.54, 1.807) is 13.0 Å². The Morgan fingerprint density at radius 3 is 2.53 bits per heavy atom. The van der Waals surface area contributed by atoms with Crippen molar-refractivity contribution in [3.05, 3.63) is 65.0 Å². The zero-order valence-electron chi connectivity index (χ0n) is 11.2. The van der Waals surface area contributed by atoms with Gasteiger partial charge in [0.15, 0.2) is 0 Å². The molecule has 0 aromatic heterocycles. The zero-order chi connectivity index (χ0) is 13.8. The molecule has 2 rings (SSSR count). The minimum atomic E-state index is -0.263. The van der Waals surface area contributed by atoms with Crippen molar-refractivity contribution in [2.75, 3.05) is 0 Å². The molecule has 0 aliphatic heterocycles.